The van der Waals surface area contributed by atoms with E-state index in [0.29, 0.717) is 6.42 Å². The van der Waals surface area contributed by atoms with Crippen molar-refractivity contribution in [3.8, 4) is 0 Å². The van der Waals surface area contributed by atoms with Crippen LogP contribution in [0.15, 0.2) is 48.6 Å². The molecule has 9 heteroatoms. The van der Waals surface area contributed by atoms with Gasteiger partial charge in [-0.3, -0.25) is 4.79 Å². The molecule has 0 aromatic carbocycles. The second-order valence-corrected chi connectivity index (χ2v) is 16.2. The molecule has 0 aromatic rings. The van der Waals surface area contributed by atoms with Gasteiger partial charge in [0.15, 0.2) is 6.29 Å². The number of hydrogen-bond donors (Lipinski definition) is 6. The molecule has 0 saturated carbocycles. The molecule has 1 aliphatic heterocycles. The summed E-state index contributed by atoms with van der Waals surface area (Å²) in [5.41, 5.74) is 0. The van der Waals surface area contributed by atoms with Gasteiger partial charge in [0.25, 0.3) is 0 Å². The van der Waals surface area contributed by atoms with Gasteiger partial charge in [0, 0.05) is 6.42 Å². The molecule has 6 N–H and O–H groups in total. The molecule has 57 heavy (non-hydrogen) atoms. The summed E-state index contributed by atoms with van der Waals surface area (Å²) >= 11 is 0. The Balaban J connectivity index is 2.38. The molecule has 332 valence electrons. The van der Waals surface area contributed by atoms with E-state index in [2.05, 4.69) is 55.6 Å². The van der Waals surface area contributed by atoms with E-state index in [9.17, 15) is 30.3 Å². The van der Waals surface area contributed by atoms with E-state index in [1.165, 1.54) is 109 Å². The SMILES string of the molecule is CCCCCCC/C=C/CC/C=C/CC/C=C/C(O)C(COC1OC(CO)C(O)C(O)C1O)NC(=O)CCCCCCCCC/C=C\CCCCCCCCCC. The molecule has 1 aliphatic rings. The van der Waals surface area contributed by atoms with E-state index in [1.54, 1.807) is 6.08 Å². The Bertz CT molecular complexity index is 1030. The fourth-order valence-corrected chi connectivity index (χ4v) is 7.06. The maximum Gasteiger partial charge on any atom is 0.220 e. The van der Waals surface area contributed by atoms with Gasteiger partial charge >= 0.3 is 0 Å². The molecule has 1 heterocycles. The number of unbranched alkanes of at least 4 members (excludes halogenated alkanes) is 22. The van der Waals surface area contributed by atoms with Crippen LogP contribution in [0.25, 0.3) is 0 Å². The summed E-state index contributed by atoms with van der Waals surface area (Å²) in [6, 6.07) is -0.829. The third-order valence-corrected chi connectivity index (χ3v) is 10.9. The second-order valence-electron chi connectivity index (χ2n) is 16.2. The zero-order valence-corrected chi connectivity index (χ0v) is 36.3. The van der Waals surface area contributed by atoms with E-state index in [0.717, 1.165) is 64.2 Å². The zero-order chi connectivity index (χ0) is 41.6. The molecule has 0 aliphatic carbocycles. The van der Waals surface area contributed by atoms with Crippen LogP contribution in [0.2, 0.25) is 0 Å². The molecule has 0 aromatic heterocycles. The minimum atomic E-state index is -1.57. The predicted molar refractivity (Wildman–Crippen MR) is 235 cm³/mol. The lowest BCUT2D eigenvalue weighted by Crippen LogP contribution is -2.60. The fourth-order valence-electron chi connectivity index (χ4n) is 7.06. The van der Waals surface area contributed by atoms with Crippen molar-refractivity contribution < 1.29 is 39.8 Å². The lowest BCUT2D eigenvalue weighted by Gasteiger charge is -2.40. The lowest BCUT2D eigenvalue weighted by molar-refractivity contribution is -0.302. The number of ether oxygens (including phenoxy) is 2. The number of allylic oxidation sites excluding steroid dienone is 7. The van der Waals surface area contributed by atoms with Gasteiger partial charge in [-0.05, 0) is 70.6 Å². The van der Waals surface area contributed by atoms with Crippen molar-refractivity contribution in [3.05, 3.63) is 48.6 Å². The highest BCUT2D eigenvalue weighted by atomic mass is 16.7. The number of aliphatic hydroxyl groups excluding tert-OH is 5. The largest absolute Gasteiger partial charge is 0.394 e. The molecular formula is C48H87NO8. The fraction of sp³-hybridized carbons (Fsp3) is 0.812. The van der Waals surface area contributed by atoms with Crippen LogP contribution < -0.4 is 5.32 Å². The number of hydrogen-bond acceptors (Lipinski definition) is 8. The Morgan fingerprint density at radius 3 is 1.47 bits per heavy atom. The molecule has 9 nitrogen and oxygen atoms in total. The molecule has 0 spiro atoms. The molecule has 1 rings (SSSR count). The van der Waals surface area contributed by atoms with Crippen molar-refractivity contribution >= 4 is 5.91 Å². The van der Waals surface area contributed by atoms with Crippen LogP contribution in [-0.4, -0.2) is 87.5 Å². The minimum Gasteiger partial charge on any atom is -0.394 e. The summed E-state index contributed by atoms with van der Waals surface area (Å²) in [6.07, 6.45) is 41.5. The standard InChI is InChI=1S/C48H87NO8/c1-3-5-7-9-11-13-15-17-19-20-21-22-24-26-28-30-32-34-36-38-44(52)49-41(40-56-48-47(55)46(54)45(53)43(39-50)57-48)42(51)37-35-33-31-29-27-25-23-18-16-14-12-10-8-6-4-2/h16,18,20-21,27,29,35,37,41-43,45-48,50-51,53-55H,3-15,17,19,22-26,28,30-34,36,38-40H2,1-2H3,(H,49,52)/b18-16+,21-20-,29-27+,37-35+. The normalized spacial score (nSPS) is 21.4. The van der Waals surface area contributed by atoms with E-state index >= 15 is 0 Å². The lowest BCUT2D eigenvalue weighted by atomic mass is 9.99. The first kappa shape index (κ1) is 53.2. The molecule has 1 fully saturated rings. The van der Waals surface area contributed by atoms with Gasteiger partial charge < -0.3 is 40.3 Å². The Morgan fingerprint density at radius 2 is 1.00 bits per heavy atom. The number of carbonyl (C=O) groups excluding carboxylic acids is 1. The number of rotatable bonds is 38. The average molecular weight is 806 g/mol. The Labute approximate surface area is 348 Å². The molecule has 1 saturated heterocycles. The molecule has 7 unspecified atom stereocenters. The van der Waals surface area contributed by atoms with Crippen molar-refractivity contribution in [2.45, 2.75) is 236 Å². The van der Waals surface area contributed by atoms with E-state index < -0.39 is 49.5 Å². The molecular weight excluding hydrogens is 719 g/mol. The number of aliphatic hydroxyl groups is 5. The maximum atomic E-state index is 13.0. The van der Waals surface area contributed by atoms with Crippen molar-refractivity contribution in [3.63, 3.8) is 0 Å². The first-order valence-electron chi connectivity index (χ1n) is 23.4. The van der Waals surface area contributed by atoms with Crippen molar-refractivity contribution in [2.75, 3.05) is 13.2 Å². The Kier molecular flexibility index (Phi) is 35.8. The van der Waals surface area contributed by atoms with Gasteiger partial charge in [-0.25, -0.2) is 0 Å². The minimum absolute atomic E-state index is 0.197. The monoisotopic (exact) mass is 806 g/mol. The van der Waals surface area contributed by atoms with Crippen molar-refractivity contribution in [2.24, 2.45) is 0 Å². The van der Waals surface area contributed by atoms with Gasteiger partial charge in [0.2, 0.25) is 5.91 Å². The van der Waals surface area contributed by atoms with Crippen LogP contribution in [0.3, 0.4) is 0 Å². The van der Waals surface area contributed by atoms with E-state index in [-0.39, 0.29) is 12.5 Å². The Morgan fingerprint density at radius 1 is 0.579 bits per heavy atom. The van der Waals surface area contributed by atoms with Crippen LogP contribution in [0.4, 0.5) is 0 Å². The van der Waals surface area contributed by atoms with Crippen molar-refractivity contribution in [1.82, 2.24) is 5.32 Å². The van der Waals surface area contributed by atoms with Crippen LogP contribution in [0.5, 0.6) is 0 Å². The number of amides is 1. The maximum absolute atomic E-state index is 13.0. The van der Waals surface area contributed by atoms with Crippen LogP contribution in [-0.2, 0) is 14.3 Å². The summed E-state index contributed by atoms with van der Waals surface area (Å²) in [5.74, 6) is -0.197. The van der Waals surface area contributed by atoms with Crippen LogP contribution in [0, 0.1) is 0 Å². The molecule has 1 amide bonds. The van der Waals surface area contributed by atoms with Crippen molar-refractivity contribution in [1.29, 1.82) is 0 Å². The first-order chi connectivity index (χ1) is 27.8. The van der Waals surface area contributed by atoms with E-state index in [1.807, 2.05) is 6.08 Å². The molecule has 0 bridgehead atoms. The first-order valence-corrected chi connectivity index (χ1v) is 23.4. The zero-order valence-electron chi connectivity index (χ0n) is 36.3. The quantitative estimate of drug-likeness (QED) is 0.0267. The molecule has 0 radical (unpaired) electrons. The van der Waals surface area contributed by atoms with Crippen LogP contribution in [0.1, 0.15) is 194 Å². The van der Waals surface area contributed by atoms with E-state index in [4.69, 9.17) is 9.47 Å². The predicted octanol–water partition coefficient (Wildman–Crippen LogP) is 9.84. The van der Waals surface area contributed by atoms with Gasteiger partial charge in [0.05, 0.1) is 25.4 Å². The number of carbonyl (C=O) groups is 1. The van der Waals surface area contributed by atoms with Gasteiger partial charge in [-0.15, -0.1) is 0 Å². The topological polar surface area (TPSA) is 149 Å². The molecule has 7 atom stereocenters. The summed E-state index contributed by atoms with van der Waals surface area (Å²) < 4.78 is 11.2. The van der Waals surface area contributed by atoms with Crippen LogP contribution >= 0.6 is 0 Å². The highest BCUT2D eigenvalue weighted by Crippen LogP contribution is 2.22. The van der Waals surface area contributed by atoms with Gasteiger partial charge in [-0.2, -0.15) is 0 Å². The average Bonchev–Trinajstić information content (AvgIpc) is 3.21. The third kappa shape index (κ3) is 29.1. The summed E-state index contributed by atoms with van der Waals surface area (Å²) in [4.78, 5) is 13.0. The summed E-state index contributed by atoms with van der Waals surface area (Å²) in [6.45, 7) is 3.73. The third-order valence-electron chi connectivity index (χ3n) is 10.9. The highest BCUT2D eigenvalue weighted by molar-refractivity contribution is 5.76. The number of nitrogens with one attached hydrogen (secondary N) is 1. The smallest absolute Gasteiger partial charge is 0.220 e. The Hall–Kier alpha value is -1.85. The summed E-state index contributed by atoms with van der Waals surface area (Å²) in [5, 5.41) is 54.1. The highest BCUT2D eigenvalue weighted by Gasteiger charge is 2.44. The second kappa shape index (κ2) is 38.4. The summed E-state index contributed by atoms with van der Waals surface area (Å²) in [7, 11) is 0. The van der Waals surface area contributed by atoms with Gasteiger partial charge in [-0.1, -0.05) is 165 Å². The van der Waals surface area contributed by atoms with Gasteiger partial charge in [0.1, 0.15) is 24.4 Å².